The van der Waals surface area contributed by atoms with Crippen LogP contribution in [0.5, 0.6) is 0 Å². The fourth-order valence-corrected chi connectivity index (χ4v) is 1.04. The van der Waals surface area contributed by atoms with E-state index in [1.54, 1.807) is 0 Å². The van der Waals surface area contributed by atoms with E-state index in [-0.39, 0.29) is 0 Å². The van der Waals surface area contributed by atoms with Gasteiger partial charge in [0.2, 0.25) is 0 Å². The molecule has 0 aliphatic heterocycles. The molecule has 0 saturated carbocycles. The number of benzene rings is 1. The van der Waals surface area contributed by atoms with E-state index < -0.39 is 0 Å². The Hall–Kier alpha value is -0.150. The third kappa shape index (κ3) is 1.91. The summed E-state index contributed by atoms with van der Waals surface area (Å²) in [6.07, 6.45) is 0. The second kappa shape index (κ2) is 3.13. The van der Waals surface area contributed by atoms with Crippen molar-refractivity contribution >= 4 is 34.5 Å². The van der Waals surface area contributed by atoms with Crippen molar-refractivity contribution in [1.82, 2.24) is 0 Å². The largest absolute Gasteiger partial charge is 0.322 e. The SMILES string of the molecule is Sc1cccc(NBr)c1. The van der Waals surface area contributed by atoms with E-state index in [9.17, 15) is 0 Å². The van der Waals surface area contributed by atoms with Gasteiger partial charge in [-0.1, -0.05) is 6.07 Å². The van der Waals surface area contributed by atoms with Crippen LogP contribution in [0.25, 0.3) is 0 Å². The Morgan fingerprint density at radius 3 is 2.67 bits per heavy atom. The number of hydrogen-bond donors (Lipinski definition) is 2. The van der Waals surface area contributed by atoms with Crippen LogP contribution in [0.15, 0.2) is 29.2 Å². The quantitative estimate of drug-likeness (QED) is 0.529. The minimum atomic E-state index is 0.958. The standard InChI is InChI=1S/C6H6BrNS/c7-8-5-2-1-3-6(9)4-5/h1-4,8-9H. The van der Waals surface area contributed by atoms with Crippen LogP contribution in [-0.4, -0.2) is 0 Å². The first-order chi connectivity index (χ1) is 4.33. The Balaban J connectivity index is 2.94. The molecule has 0 fully saturated rings. The zero-order valence-corrected chi connectivity index (χ0v) is 7.12. The van der Waals surface area contributed by atoms with E-state index in [0.717, 1.165) is 10.6 Å². The van der Waals surface area contributed by atoms with Gasteiger partial charge >= 0.3 is 0 Å². The lowest BCUT2D eigenvalue weighted by molar-refractivity contribution is 1.48. The molecule has 1 N–H and O–H groups in total. The summed E-state index contributed by atoms with van der Waals surface area (Å²) >= 11 is 7.25. The lowest BCUT2D eigenvalue weighted by atomic mass is 10.3. The van der Waals surface area contributed by atoms with Gasteiger partial charge in [0.15, 0.2) is 0 Å². The molecule has 1 aromatic carbocycles. The first-order valence-corrected chi connectivity index (χ1v) is 3.72. The van der Waals surface area contributed by atoms with Gasteiger partial charge in [0, 0.05) is 26.7 Å². The third-order valence-corrected chi connectivity index (χ3v) is 1.69. The predicted molar refractivity (Wildman–Crippen MR) is 46.2 cm³/mol. The zero-order chi connectivity index (χ0) is 6.69. The molecule has 0 amide bonds. The number of rotatable bonds is 1. The van der Waals surface area contributed by atoms with Crippen LogP contribution >= 0.6 is 28.8 Å². The molecule has 0 unspecified atom stereocenters. The summed E-state index contributed by atoms with van der Waals surface area (Å²) in [5.41, 5.74) is 1.02. The lowest BCUT2D eigenvalue weighted by Gasteiger charge is -1.95. The van der Waals surface area contributed by atoms with Crippen LogP contribution in [0.2, 0.25) is 0 Å². The van der Waals surface area contributed by atoms with Crippen molar-refractivity contribution in [3.05, 3.63) is 24.3 Å². The minimum Gasteiger partial charge on any atom is -0.322 e. The maximum absolute atomic E-state index is 4.15. The van der Waals surface area contributed by atoms with Gasteiger partial charge in [0.1, 0.15) is 0 Å². The van der Waals surface area contributed by atoms with Crippen LogP contribution in [0, 0.1) is 0 Å². The van der Waals surface area contributed by atoms with E-state index in [1.165, 1.54) is 0 Å². The van der Waals surface area contributed by atoms with Crippen molar-refractivity contribution in [3.8, 4) is 0 Å². The molecule has 0 heterocycles. The summed E-state index contributed by atoms with van der Waals surface area (Å²) in [4.78, 5) is 0.958. The van der Waals surface area contributed by atoms with Gasteiger partial charge in [-0.05, 0) is 18.2 Å². The number of hydrogen-bond acceptors (Lipinski definition) is 2. The Kier molecular flexibility index (Phi) is 2.42. The van der Waals surface area contributed by atoms with Gasteiger partial charge < -0.3 is 4.34 Å². The molecule has 0 saturated heterocycles. The van der Waals surface area contributed by atoms with Gasteiger partial charge in [-0.3, -0.25) is 0 Å². The summed E-state index contributed by atoms with van der Waals surface area (Å²) in [7, 11) is 0. The molecular weight excluding hydrogens is 198 g/mol. The number of halogens is 1. The monoisotopic (exact) mass is 203 g/mol. The van der Waals surface area contributed by atoms with E-state index >= 15 is 0 Å². The summed E-state index contributed by atoms with van der Waals surface area (Å²) in [6, 6.07) is 7.75. The Morgan fingerprint density at radius 1 is 1.44 bits per heavy atom. The van der Waals surface area contributed by atoms with Crippen LogP contribution < -0.4 is 4.34 Å². The molecule has 1 rings (SSSR count). The third-order valence-electron chi connectivity index (χ3n) is 0.955. The van der Waals surface area contributed by atoms with E-state index in [2.05, 4.69) is 33.1 Å². The molecule has 1 nitrogen and oxygen atoms in total. The van der Waals surface area contributed by atoms with Crippen LogP contribution in [0.4, 0.5) is 5.69 Å². The van der Waals surface area contributed by atoms with Crippen LogP contribution in [0.3, 0.4) is 0 Å². The fourth-order valence-electron chi connectivity index (χ4n) is 0.565. The van der Waals surface area contributed by atoms with Gasteiger partial charge in [-0.25, -0.2) is 0 Å². The molecular formula is C6H6BrNS. The van der Waals surface area contributed by atoms with Crippen molar-refractivity contribution in [1.29, 1.82) is 0 Å². The van der Waals surface area contributed by atoms with Gasteiger partial charge in [0.05, 0.1) is 0 Å². The molecule has 1 aromatic rings. The summed E-state index contributed by atoms with van der Waals surface area (Å²) < 4.78 is 2.83. The molecule has 0 bridgehead atoms. The smallest absolute Gasteiger partial charge is 0.0465 e. The molecule has 3 heteroatoms. The van der Waals surface area contributed by atoms with Crippen molar-refractivity contribution < 1.29 is 0 Å². The van der Waals surface area contributed by atoms with E-state index in [1.807, 2.05) is 24.3 Å². The van der Waals surface area contributed by atoms with Crippen molar-refractivity contribution in [2.45, 2.75) is 4.90 Å². The minimum absolute atomic E-state index is 0.958. The number of anilines is 1. The average Bonchev–Trinajstić information content (AvgIpc) is 1.88. The van der Waals surface area contributed by atoms with Crippen molar-refractivity contribution in [3.63, 3.8) is 0 Å². The summed E-state index contributed by atoms with van der Waals surface area (Å²) in [6.45, 7) is 0. The molecule has 0 aliphatic carbocycles. The first kappa shape index (κ1) is 6.96. The maximum Gasteiger partial charge on any atom is 0.0465 e. The molecule has 0 radical (unpaired) electrons. The highest BCUT2D eigenvalue weighted by molar-refractivity contribution is 9.10. The maximum atomic E-state index is 4.15. The molecule has 0 aliphatic rings. The Morgan fingerprint density at radius 2 is 2.22 bits per heavy atom. The van der Waals surface area contributed by atoms with Crippen LogP contribution in [0.1, 0.15) is 0 Å². The molecule has 0 atom stereocenters. The highest BCUT2D eigenvalue weighted by Gasteiger charge is 1.86. The number of thiol groups is 1. The molecule has 9 heavy (non-hydrogen) atoms. The average molecular weight is 204 g/mol. The normalized spacial score (nSPS) is 9.11. The van der Waals surface area contributed by atoms with Gasteiger partial charge in [0.25, 0.3) is 0 Å². The Bertz CT molecular complexity index is 202. The topological polar surface area (TPSA) is 12.0 Å². The Labute approximate surface area is 68.2 Å². The predicted octanol–water partition coefficient (Wildman–Crippen LogP) is 2.70. The molecule has 0 spiro atoms. The van der Waals surface area contributed by atoms with Gasteiger partial charge in [-0.2, -0.15) is 0 Å². The van der Waals surface area contributed by atoms with Crippen LogP contribution in [-0.2, 0) is 0 Å². The fraction of sp³-hybridized carbons (Fsp3) is 0. The number of nitrogens with one attached hydrogen (secondary N) is 1. The zero-order valence-electron chi connectivity index (χ0n) is 4.63. The summed E-state index contributed by atoms with van der Waals surface area (Å²) in [5.74, 6) is 0. The van der Waals surface area contributed by atoms with Crippen molar-refractivity contribution in [2.75, 3.05) is 4.34 Å². The highest BCUT2D eigenvalue weighted by Crippen LogP contribution is 2.13. The van der Waals surface area contributed by atoms with E-state index in [0.29, 0.717) is 0 Å². The summed E-state index contributed by atoms with van der Waals surface area (Å²) in [5, 5.41) is 0. The highest BCUT2D eigenvalue weighted by atomic mass is 79.9. The lowest BCUT2D eigenvalue weighted by Crippen LogP contribution is -1.76. The van der Waals surface area contributed by atoms with Gasteiger partial charge in [-0.15, -0.1) is 12.6 Å². The van der Waals surface area contributed by atoms with Crippen molar-refractivity contribution in [2.24, 2.45) is 0 Å². The van der Waals surface area contributed by atoms with E-state index in [4.69, 9.17) is 0 Å². The second-order valence-corrected chi connectivity index (χ2v) is 2.56. The molecule has 48 valence electrons. The second-order valence-electron chi connectivity index (χ2n) is 1.64. The molecule has 0 aromatic heterocycles. The first-order valence-electron chi connectivity index (χ1n) is 2.48.